The fourth-order valence-corrected chi connectivity index (χ4v) is 2.49. The molecule has 102 valence electrons. The zero-order valence-corrected chi connectivity index (χ0v) is 12.1. The number of ether oxygens (including phenoxy) is 1. The molecule has 2 rings (SSSR count). The average Bonchev–Trinajstić information content (AvgIpc) is 2.95. The lowest BCUT2D eigenvalue weighted by Gasteiger charge is -2.00. The normalized spacial score (nSPS) is 10.7. The summed E-state index contributed by atoms with van der Waals surface area (Å²) in [6, 6.07) is 1.90. The summed E-state index contributed by atoms with van der Waals surface area (Å²) in [6.07, 6.45) is 3.37. The van der Waals surface area contributed by atoms with Crippen LogP contribution in [0.5, 0.6) is 0 Å². The number of nitrogens with one attached hydrogen (secondary N) is 1. The number of thiophene rings is 1. The standard InChI is InChI=1S/C13H17N3O2S/c1-4-18-8-16-7-11(6-14-16)15-13(17)12-5-9(2)10(3)19-12/h5-7H,4,8H2,1-3H3,(H,15,17). The van der Waals surface area contributed by atoms with Crippen molar-refractivity contribution >= 4 is 22.9 Å². The lowest BCUT2D eigenvalue weighted by Crippen LogP contribution is -2.09. The van der Waals surface area contributed by atoms with Crippen LogP contribution in [-0.4, -0.2) is 22.3 Å². The lowest BCUT2D eigenvalue weighted by molar-refractivity contribution is 0.0792. The molecule has 2 aromatic rings. The van der Waals surface area contributed by atoms with Crippen LogP contribution in [-0.2, 0) is 11.5 Å². The Bertz CT molecular complexity index is 555. The first-order valence-corrected chi connectivity index (χ1v) is 6.90. The molecule has 0 radical (unpaired) electrons. The van der Waals surface area contributed by atoms with Gasteiger partial charge in [-0.2, -0.15) is 5.10 Å². The van der Waals surface area contributed by atoms with Gasteiger partial charge in [0.25, 0.3) is 5.91 Å². The van der Waals surface area contributed by atoms with Gasteiger partial charge in [0.1, 0.15) is 6.73 Å². The highest BCUT2D eigenvalue weighted by molar-refractivity contribution is 7.14. The van der Waals surface area contributed by atoms with Gasteiger partial charge in [-0.05, 0) is 32.4 Å². The van der Waals surface area contributed by atoms with Gasteiger partial charge >= 0.3 is 0 Å². The summed E-state index contributed by atoms with van der Waals surface area (Å²) in [4.78, 5) is 13.9. The average molecular weight is 279 g/mol. The van der Waals surface area contributed by atoms with Crippen LogP contribution < -0.4 is 5.32 Å². The van der Waals surface area contributed by atoms with Crippen LogP contribution in [0, 0.1) is 13.8 Å². The molecule has 0 aliphatic heterocycles. The number of aromatic nitrogens is 2. The molecule has 0 atom stereocenters. The van der Waals surface area contributed by atoms with Gasteiger partial charge in [-0.25, -0.2) is 4.68 Å². The van der Waals surface area contributed by atoms with Gasteiger partial charge in [0.2, 0.25) is 0 Å². The molecule has 0 aliphatic rings. The van der Waals surface area contributed by atoms with Gasteiger partial charge in [-0.1, -0.05) is 0 Å². The SMILES string of the molecule is CCOCn1cc(NC(=O)c2cc(C)c(C)s2)cn1. The fraction of sp³-hybridized carbons (Fsp3) is 0.385. The van der Waals surface area contributed by atoms with Crippen LogP contribution in [0.1, 0.15) is 27.0 Å². The minimum absolute atomic E-state index is 0.0999. The summed E-state index contributed by atoms with van der Waals surface area (Å²) >= 11 is 1.50. The van der Waals surface area contributed by atoms with Gasteiger partial charge in [0.05, 0.1) is 23.0 Å². The highest BCUT2D eigenvalue weighted by Gasteiger charge is 2.11. The summed E-state index contributed by atoms with van der Waals surface area (Å²) < 4.78 is 6.87. The zero-order chi connectivity index (χ0) is 13.8. The van der Waals surface area contributed by atoms with E-state index in [0.29, 0.717) is 23.9 Å². The molecular weight excluding hydrogens is 262 g/mol. The highest BCUT2D eigenvalue weighted by atomic mass is 32.1. The summed E-state index contributed by atoms with van der Waals surface area (Å²) in [5.41, 5.74) is 1.82. The second-order valence-electron chi connectivity index (χ2n) is 4.19. The van der Waals surface area contributed by atoms with E-state index in [1.807, 2.05) is 26.8 Å². The molecule has 5 nitrogen and oxygen atoms in total. The molecular formula is C13H17N3O2S. The van der Waals surface area contributed by atoms with Crippen LogP contribution in [0.2, 0.25) is 0 Å². The van der Waals surface area contributed by atoms with E-state index in [1.165, 1.54) is 11.3 Å². The van der Waals surface area contributed by atoms with E-state index in [9.17, 15) is 4.79 Å². The number of hydrogen-bond acceptors (Lipinski definition) is 4. The molecule has 2 aromatic heterocycles. The van der Waals surface area contributed by atoms with Crippen molar-refractivity contribution in [1.82, 2.24) is 9.78 Å². The topological polar surface area (TPSA) is 56.1 Å². The van der Waals surface area contributed by atoms with E-state index in [0.717, 1.165) is 10.4 Å². The largest absolute Gasteiger partial charge is 0.360 e. The number of hydrogen-bond donors (Lipinski definition) is 1. The Labute approximate surface area is 116 Å². The van der Waals surface area contributed by atoms with Gasteiger partial charge in [-0.3, -0.25) is 4.79 Å². The highest BCUT2D eigenvalue weighted by Crippen LogP contribution is 2.21. The summed E-state index contributed by atoms with van der Waals surface area (Å²) in [5, 5.41) is 6.93. The minimum Gasteiger partial charge on any atom is -0.360 e. The zero-order valence-electron chi connectivity index (χ0n) is 11.3. The fourth-order valence-electron chi connectivity index (χ4n) is 1.56. The Morgan fingerprint density at radius 3 is 2.95 bits per heavy atom. The Morgan fingerprint density at radius 1 is 1.53 bits per heavy atom. The predicted molar refractivity (Wildman–Crippen MR) is 75.6 cm³/mol. The second kappa shape index (κ2) is 5.99. The monoisotopic (exact) mass is 279 g/mol. The van der Waals surface area contributed by atoms with Crippen molar-refractivity contribution in [1.29, 1.82) is 0 Å². The predicted octanol–water partition coefficient (Wildman–Crippen LogP) is 2.81. The summed E-state index contributed by atoms with van der Waals surface area (Å²) in [5.74, 6) is -0.0999. The second-order valence-corrected chi connectivity index (χ2v) is 5.45. The summed E-state index contributed by atoms with van der Waals surface area (Å²) in [6.45, 7) is 6.96. The third-order valence-electron chi connectivity index (χ3n) is 2.71. The Hall–Kier alpha value is -1.66. The molecule has 0 spiro atoms. The van der Waals surface area contributed by atoms with Crippen molar-refractivity contribution in [3.63, 3.8) is 0 Å². The van der Waals surface area contributed by atoms with Crippen molar-refractivity contribution in [3.8, 4) is 0 Å². The third-order valence-corrected chi connectivity index (χ3v) is 3.86. The minimum atomic E-state index is -0.0999. The van der Waals surface area contributed by atoms with E-state index in [4.69, 9.17) is 4.74 Å². The number of nitrogens with zero attached hydrogens (tertiary/aromatic N) is 2. The number of rotatable bonds is 5. The lowest BCUT2D eigenvalue weighted by atomic mass is 10.3. The molecule has 19 heavy (non-hydrogen) atoms. The number of amides is 1. The van der Waals surface area contributed by atoms with Crippen molar-refractivity contribution in [2.45, 2.75) is 27.5 Å². The summed E-state index contributed by atoms with van der Waals surface area (Å²) in [7, 11) is 0. The Morgan fingerprint density at radius 2 is 2.32 bits per heavy atom. The maximum Gasteiger partial charge on any atom is 0.265 e. The molecule has 0 fully saturated rings. The van der Waals surface area contributed by atoms with Crippen molar-refractivity contribution in [2.24, 2.45) is 0 Å². The maximum atomic E-state index is 12.0. The van der Waals surface area contributed by atoms with Gasteiger partial charge < -0.3 is 10.1 Å². The van der Waals surface area contributed by atoms with Crippen molar-refractivity contribution < 1.29 is 9.53 Å². The Kier molecular flexibility index (Phi) is 4.34. The first kappa shape index (κ1) is 13.8. The van der Waals surface area contributed by atoms with Gasteiger partial charge in [0, 0.05) is 11.5 Å². The molecule has 0 aromatic carbocycles. The number of aryl methyl sites for hydroxylation is 2. The van der Waals surface area contributed by atoms with Crippen molar-refractivity contribution in [3.05, 3.63) is 33.8 Å². The molecule has 0 bridgehead atoms. The number of carbonyl (C=O) groups excluding carboxylic acids is 1. The van der Waals surface area contributed by atoms with E-state index >= 15 is 0 Å². The van der Waals surface area contributed by atoms with E-state index in [1.54, 1.807) is 17.1 Å². The quantitative estimate of drug-likeness (QED) is 0.915. The first-order valence-electron chi connectivity index (χ1n) is 6.08. The van der Waals surface area contributed by atoms with E-state index in [-0.39, 0.29) is 5.91 Å². The molecule has 2 heterocycles. The van der Waals surface area contributed by atoms with Crippen LogP contribution in [0.4, 0.5) is 5.69 Å². The molecule has 1 N–H and O–H groups in total. The van der Waals surface area contributed by atoms with E-state index < -0.39 is 0 Å². The third kappa shape index (κ3) is 3.42. The van der Waals surface area contributed by atoms with Gasteiger partial charge in [0.15, 0.2) is 0 Å². The Balaban J connectivity index is 2.00. The number of carbonyl (C=O) groups is 1. The van der Waals surface area contributed by atoms with Crippen LogP contribution in [0.15, 0.2) is 18.5 Å². The molecule has 0 unspecified atom stereocenters. The molecule has 0 saturated heterocycles. The molecule has 1 amide bonds. The molecule has 0 aliphatic carbocycles. The van der Waals surface area contributed by atoms with Crippen molar-refractivity contribution in [2.75, 3.05) is 11.9 Å². The smallest absolute Gasteiger partial charge is 0.265 e. The maximum absolute atomic E-state index is 12.0. The number of anilines is 1. The van der Waals surface area contributed by atoms with Gasteiger partial charge in [-0.15, -0.1) is 11.3 Å². The van der Waals surface area contributed by atoms with Crippen LogP contribution in [0.25, 0.3) is 0 Å². The first-order chi connectivity index (χ1) is 9.10. The van der Waals surface area contributed by atoms with Crippen LogP contribution >= 0.6 is 11.3 Å². The van der Waals surface area contributed by atoms with Crippen LogP contribution in [0.3, 0.4) is 0 Å². The molecule has 6 heteroatoms. The van der Waals surface area contributed by atoms with E-state index in [2.05, 4.69) is 10.4 Å². The molecule has 0 saturated carbocycles.